The maximum Gasteiger partial charge on any atom is 0.126 e. The molecule has 0 saturated heterocycles. The van der Waals surface area contributed by atoms with Crippen LogP contribution in [0.3, 0.4) is 0 Å². The van der Waals surface area contributed by atoms with Gasteiger partial charge in [0, 0.05) is 18.4 Å². The van der Waals surface area contributed by atoms with Crippen molar-refractivity contribution >= 4 is 0 Å². The molecule has 0 aliphatic carbocycles. The highest BCUT2D eigenvalue weighted by atomic mass is 16.5. The predicted octanol–water partition coefficient (Wildman–Crippen LogP) is 1.47. The average molecular weight is 194 g/mol. The highest BCUT2D eigenvalue weighted by Crippen LogP contribution is 2.36. The van der Waals surface area contributed by atoms with Crippen LogP contribution in [0.1, 0.15) is 18.9 Å². The van der Waals surface area contributed by atoms with E-state index in [2.05, 4.69) is 0 Å². The van der Waals surface area contributed by atoms with Crippen LogP contribution in [0.2, 0.25) is 0 Å². The Bertz CT molecular complexity index is 333. The Kier molecular flexibility index (Phi) is 2.33. The van der Waals surface area contributed by atoms with Crippen LogP contribution in [0.5, 0.6) is 11.5 Å². The molecule has 1 aliphatic rings. The monoisotopic (exact) mass is 194 g/mol. The first-order chi connectivity index (χ1) is 6.66. The quantitative estimate of drug-likeness (QED) is 0.749. The Hall–Kier alpha value is -1.22. The van der Waals surface area contributed by atoms with E-state index in [1.54, 1.807) is 19.1 Å². The number of aliphatic hydroxyl groups is 1. The molecule has 0 radical (unpaired) electrons. The van der Waals surface area contributed by atoms with Gasteiger partial charge in [0.15, 0.2) is 0 Å². The van der Waals surface area contributed by atoms with Crippen molar-refractivity contribution in [3.63, 3.8) is 0 Å². The third-order valence-electron chi connectivity index (χ3n) is 2.44. The van der Waals surface area contributed by atoms with Gasteiger partial charge in [0.05, 0.1) is 6.10 Å². The number of aromatic hydroxyl groups is 1. The van der Waals surface area contributed by atoms with Crippen molar-refractivity contribution in [1.29, 1.82) is 0 Å². The Morgan fingerprint density at radius 3 is 3.00 bits per heavy atom. The lowest BCUT2D eigenvalue weighted by molar-refractivity contribution is 0.118. The summed E-state index contributed by atoms with van der Waals surface area (Å²) in [6, 6.07) is 5.27. The molecule has 3 nitrogen and oxygen atoms in total. The molecule has 1 aliphatic heterocycles. The van der Waals surface area contributed by atoms with Gasteiger partial charge in [-0.1, -0.05) is 6.07 Å². The van der Waals surface area contributed by atoms with Crippen molar-refractivity contribution in [2.75, 3.05) is 0 Å². The number of benzene rings is 1. The minimum atomic E-state index is -0.364. The van der Waals surface area contributed by atoms with Crippen LogP contribution in [0.4, 0.5) is 0 Å². The highest BCUT2D eigenvalue weighted by Gasteiger charge is 2.25. The SMILES string of the molecule is CC(O)CC1Cc2c(O)cccc2O1. The van der Waals surface area contributed by atoms with Crippen LogP contribution < -0.4 is 4.74 Å². The zero-order valence-electron chi connectivity index (χ0n) is 8.10. The Labute approximate surface area is 83.0 Å². The van der Waals surface area contributed by atoms with E-state index in [1.807, 2.05) is 6.07 Å². The predicted molar refractivity (Wildman–Crippen MR) is 52.5 cm³/mol. The molecule has 0 aromatic heterocycles. The van der Waals surface area contributed by atoms with E-state index in [9.17, 15) is 10.2 Å². The van der Waals surface area contributed by atoms with Gasteiger partial charge in [-0.15, -0.1) is 0 Å². The van der Waals surface area contributed by atoms with Crippen molar-refractivity contribution in [3.05, 3.63) is 23.8 Å². The number of phenols is 1. The van der Waals surface area contributed by atoms with E-state index in [4.69, 9.17) is 4.74 Å². The largest absolute Gasteiger partial charge is 0.508 e. The second kappa shape index (κ2) is 3.50. The van der Waals surface area contributed by atoms with E-state index >= 15 is 0 Å². The fourth-order valence-corrected chi connectivity index (χ4v) is 1.83. The van der Waals surface area contributed by atoms with E-state index in [1.165, 1.54) is 0 Å². The molecule has 1 aromatic rings. The summed E-state index contributed by atoms with van der Waals surface area (Å²) in [4.78, 5) is 0. The molecule has 2 N–H and O–H groups in total. The number of phenolic OH excluding ortho intramolecular Hbond substituents is 1. The molecule has 0 spiro atoms. The van der Waals surface area contributed by atoms with Crippen LogP contribution in [0.15, 0.2) is 18.2 Å². The number of aliphatic hydroxyl groups excluding tert-OH is 1. The zero-order valence-corrected chi connectivity index (χ0v) is 8.10. The average Bonchev–Trinajstić information content (AvgIpc) is 2.47. The molecule has 1 heterocycles. The van der Waals surface area contributed by atoms with Crippen LogP contribution in [-0.2, 0) is 6.42 Å². The van der Waals surface area contributed by atoms with Crippen LogP contribution in [0.25, 0.3) is 0 Å². The van der Waals surface area contributed by atoms with Gasteiger partial charge in [0.2, 0.25) is 0 Å². The molecule has 0 fully saturated rings. The van der Waals surface area contributed by atoms with Crippen molar-refractivity contribution in [2.24, 2.45) is 0 Å². The summed E-state index contributed by atoms with van der Waals surface area (Å²) < 4.78 is 5.58. The standard InChI is InChI=1S/C11H14O3/c1-7(12)5-8-6-9-10(13)3-2-4-11(9)14-8/h2-4,7-8,12-13H,5-6H2,1H3. The van der Waals surface area contributed by atoms with Gasteiger partial charge in [-0.05, 0) is 19.1 Å². The van der Waals surface area contributed by atoms with Gasteiger partial charge >= 0.3 is 0 Å². The Morgan fingerprint density at radius 2 is 2.36 bits per heavy atom. The molecule has 0 bridgehead atoms. The minimum absolute atomic E-state index is 0.00157. The molecule has 2 atom stereocenters. The van der Waals surface area contributed by atoms with Crippen molar-refractivity contribution in [1.82, 2.24) is 0 Å². The molecular weight excluding hydrogens is 180 g/mol. The first kappa shape index (κ1) is 9.34. The lowest BCUT2D eigenvalue weighted by atomic mass is 10.1. The van der Waals surface area contributed by atoms with Gasteiger partial charge in [0.25, 0.3) is 0 Å². The third-order valence-corrected chi connectivity index (χ3v) is 2.44. The molecule has 3 heteroatoms. The van der Waals surface area contributed by atoms with Crippen molar-refractivity contribution < 1.29 is 14.9 Å². The molecule has 1 aromatic carbocycles. The maximum absolute atomic E-state index is 9.54. The molecule has 2 unspecified atom stereocenters. The van der Waals surface area contributed by atoms with Crippen molar-refractivity contribution in [2.45, 2.75) is 32.0 Å². The fourth-order valence-electron chi connectivity index (χ4n) is 1.83. The van der Waals surface area contributed by atoms with E-state index < -0.39 is 0 Å². The van der Waals surface area contributed by atoms with Gasteiger partial charge in [-0.3, -0.25) is 0 Å². The third kappa shape index (κ3) is 1.68. The van der Waals surface area contributed by atoms with E-state index in [0.717, 1.165) is 11.3 Å². The first-order valence-electron chi connectivity index (χ1n) is 4.82. The smallest absolute Gasteiger partial charge is 0.126 e. The summed E-state index contributed by atoms with van der Waals surface area (Å²) in [5, 5.41) is 18.8. The van der Waals surface area contributed by atoms with Crippen LogP contribution in [0, 0.1) is 0 Å². The number of ether oxygens (including phenoxy) is 1. The summed E-state index contributed by atoms with van der Waals surface area (Å²) in [5.41, 5.74) is 0.859. The second-order valence-electron chi connectivity index (χ2n) is 3.78. The molecular formula is C11H14O3. The molecule has 14 heavy (non-hydrogen) atoms. The summed E-state index contributed by atoms with van der Waals surface area (Å²) in [7, 11) is 0. The van der Waals surface area contributed by atoms with E-state index in [0.29, 0.717) is 12.8 Å². The number of fused-ring (bicyclic) bond motifs is 1. The number of rotatable bonds is 2. The summed E-state index contributed by atoms with van der Waals surface area (Å²) in [6.45, 7) is 1.74. The van der Waals surface area contributed by atoms with E-state index in [-0.39, 0.29) is 18.0 Å². The molecule has 76 valence electrons. The van der Waals surface area contributed by atoms with Gasteiger partial charge < -0.3 is 14.9 Å². The lowest BCUT2D eigenvalue weighted by Crippen LogP contribution is -2.19. The van der Waals surface area contributed by atoms with Crippen LogP contribution in [-0.4, -0.2) is 22.4 Å². The van der Waals surface area contributed by atoms with Crippen molar-refractivity contribution in [3.8, 4) is 11.5 Å². The molecule has 0 amide bonds. The second-order valence-corrected chi connectivity index (χ2v) is 3.78. The molecule has 2 rings (SSSR count). The minimum Gasteiger partial charge on any atom is -0.508 e. The highest BCUT2D eigenvalue weighted by molar-refractivity contribution is 5.46. The van der Waals surface area contributed by atoms with Crippen LogP contribution >= 0.6 is 0 Å². The maximum atomic E-state index is 9.54. The number of hydrogen-bond acceptors (Lipinski definition) is 3. The first-order valence-corrected chi connectivity index (χ1v) is 4.82. The zero-order chi connectivity index (χ0) is 10.1. The molecule has 0 saturated carbocycles. The summed E-state index contributed by atoms with van der Waals surface area (Å²) in [6.07, 6.45) is 0.927. The normalized spacial score (nSPS) is 21.4. The topological polar surface area (TPSA) is 49.7 Å². The fraction of sp³-hybridized carbons (Fsp3) is 0.455. The van der Waals surface area contributed by atoms with Gasteiger partial charge in [-0.2, -0.15) is 0 Å². The number of hydrogen-bond donors (Lipinski definition) is 2. The Morgan fingerprint density at radius 1 is 1.57 bits per heavy atom. The van der Waals surface area contributed by atoms with Gasteiger partial charge in [0.1, 0.15) is 17.6 Å². The summed E-state index contributed by atoms with van der Waals surface area (Å²) >= 11 is 0. The van der Waals surface area contributed by atoms with Gasteiger partial charge in [-0.25, -0.2) is 0 Å². The lowest BCUT2D eigenvalue weighted by Gasteiger charge is -2.11. The Balaban J connectivity index is 2.14. The summed E-state index contributed by atoms with van der Waals surface area (Å²) in [5.74, 6) is 1.03.